The number of nitrogens with one attached hydrogen (secondary N) is 3. The van der Waals surface area contributed by atoms with E-state index in [-0.39, 0.29) is 17.5 Å². The van der Waals surface area contributed by atoms with Gasteiger partial charge in [-0.3, -0.25) is 9.89 Å². The third-order valence-corrected chi connectivity index (χ3v) is 5.34. The normalized spacial score (nSPS) is 14.8. The van der Waals surface area contributed by atoms with Crippen LogP contribution in [0.2, 0.25) is 0 Å². The summed E-state index contributed by atoms with van der Waals surface area (Å²) in [4.78, 5) is 26.3. The molecule has 5 rings (SSSR count). The predicted molar refractivity (Wildman–Crippen MR) is 113 cm³/mol. The molecule has 4 N–H and O–H groups in total. The molecule has 1 aromatic carbocycles. The van der Waals surface area contributed by atoms with Crippen LogP contribution in [-0.4, -0.2) is 55.4 Å². The first-order valence-electron chi connectivity index (χ1n) is 9.97. The summed E-state index contributed by atoms with van der Waals surface area (Å²) in [5, 5.41) is 19.2. The van der Waals surface area contributed by atoms with E-state index in [2.05, 4.69) is 35.4 Å². The van der Waals surface area contributed by atoms with Crippen molar-refractivity contribution in [1.82, 2.24) is 25.1 Å². The van der Waals surface area contributed by atoms with Crippen LogP contribution in [0.5, 0.6) is 0 Å². The minimum absolute atomic E-state index is 0.243. The number of H-pyrrole nitrogens is 2. The fraction of sp³-hybridized carbons (Fsp3) is 0.238. The van der Waals surface area contributed by atoms with E-state index in [4.69, 9.17) is 0 Å². The maximum Gasteiger partial charge on any atom is 0.258 e. The van der Waals surface area contributed by atoms with E-state index in [1.54, 1.807) is 30.3 Å². The number of hydrogen-bond acceptors (Lipinski definition) is 6. The number of anilines is 2. The van der Waals surface area contributed by atoms with E-state index in [0.29, 0.717) is 41.3 Å². The zero-order chi connectivity index (χ0) is 21.4. The largest absolute Gasteiger partial charge is 0.393 e. The Hall–Kier alpha value is -3.79. The van der Waals surface area contributed by atoms with Crippen LogP contribution in [-0.2, 0) is 0 Å². The van der Waals surface area contributed by atoms with Crippen molar-refractivity contribution < 1.29 is 14.3 Å². The summed E-state index contributed by atoms with van der Waals surface area (Å²) < 4.78 is 13.9. The van der Waals surface area contributed by atoms with E-state index >= 15 is 0 Å². The molecule has 0 aliphatic carbocycles. The van der Waals surface area contributed by atoms with Crippen molar-refractivity contribution in [3.8, 4) is 11.5 Å². The van der Waals surface area contributed by atoms with Crippen LogP contribution < -0.4 is 10.2 Å². The van der Waals surface area contributed by atoms with Gasteiger partial charge in [0.05, 0.1) is 17.2 Å². The second kappa shape index (κ2) is 7.80. The number of nitrogens with zero attached hydrogens (tertiary/aromatic N) is 4. The highest BCUT2D eigenvalue weighted by Crippen LogP contribution is 2.23. The average Bonchev–Trinajstić information content (AvgIpc) is 3.42. The molecule has 9 nitrogen and oxygen atoms in total. The number of hydrogen-bond donors (Lipinski definition) is 4. The Morgan fingerprint density at radius 3 is 2.81 bits per heavy atom. The topological polar surface area (TPSA) is 123 Å². The van der Waals surface area contributed by atoms with E-state index in [9.17, 15) is 14.3 Å². The van der Waals surface area contributed by atoms with Crippen LogP contribution in [0.3, 0.4) is 0 Å². The van der Waals surface area contributed by atoms with Gasteiger partial charge in [-0.05, 0) is 37.1 Å². The molecule has 0 saturated carbocycles. The second-order valence-electron chi connectivity index (χ2n) is 7.47. The first-order valence-corrected chi connectivity index (χ1v) is 9.97. The summed E-state index contributed by atoms with van der Waals surface area (Å²) in [5.74, 6) is 0.759. The number of halogens is 1. The number of para-hydroxylation sites is 1. The van der Waals surface area contributed by atoms with Crippen LogP contribution in [0.1, 0.15) is 23.2 Å². The van der Waals surface area contributed by atoms with Crippen molar-refractivity contribution in [3.05, 3.63) is 54.0 Å². The van der Waals surface area contributed by atoms with Gasteiger partial charge >= 0.3 is 0 Å². The molecule has 0 unspecified atom stereocenters. The zero-order valence-corrected chi connectivity index (χ0v) is 16.5. The molecule has 1 aliphatic rings. The van der Waals surface area contributed by atoms with Gasteiger partial charge in [0.15, 0.2) is 17.5 Å². The van der Waals surface area contributed by atoms with Gasteiger partial charge < -0.3 is 20.3 Å². The summed E-state index contributed by atoms with van der Waals surface area (Å²) >= 11 is 0. The summed E-state index contributed by atoms with van der Waals surface area (Å²) in [6.45, 7) is 1.48. The van der Waals surface area contributed by atoms with E-state index in [1.807, 2.05) is 0 Å². The molecule has 1 amide bonds. The fourth-order valence-corrected chi connectivity index (χ4v) is 3.62. The molecule has 1 aliphatic heterocycles. The maximum atomic E-state index is 13.9. The van der Waals surface area contributed by atoms with Gasteiger partial charge in [0.2, 0.25) is 0 Å². The Morgan fingerprint density at radius 2 is 2.06 bits per heavy atom. The molecule has 1 saturated heterocycles. The Balaban J connectivity index is 1.27. The lowest BCUT2D eigenvalue weighted by Gasteiger charge is -2.30. The van der Waals surface area contributed by atoms with Crippen molar-refractivity contribution in [3.63, 3.8) is 0 Å². The Morgan fingerprint density at radius 1 is 1.23 bits per heavy atom. The van der Waals surface area contributed by atoms with Crippen LogP contribution in [0.15, 0.2) is 42.6 Å². The van der Waals surface area contributed by atoms with Gasteiger partial charge in [-0.15, -0.1) is 0 Å². The lowest BCUT2D eigenvalue weighted by molar-refractivity contribution is 0.102. The number of aliphatic hydroxyl groups is 1. The summed E-state index contributed by atoms with van der Waals surface area (Å²) in [6, 6.07) is 9.81. The first-order chi connectivity index (χ1) is 15.1. The lowest BCUT2D eigenvalue weighted by Crippen LogP contribution is -2.36. The number of aromatic amines is 2. The number of amides is 1. The third kappa shape index (κ3) is 3.84. The molecular formula is C21H20FN7O2. The number of fused-ring (bicyclic) bond motifs is 1. The standard InChI is InChI=1S/C21H20FN7O2/c22-14-2-1-3-15-19(14)26-20(24-15)16-10-17(28-27-16)25-21(31)12-4-5-18(23-11-12)29-8-6-13(30)7-9-29/h1-5,10-11,13,30H,6-9H2,(H,24,26)(H2,25,27,28,31). The second-order valence-corrected chi connectivity index (χ2v) is 7.47. The summed E-state index contributed by atoms with van der Waals surface area (Å²) in [6.07, 6.45) is 2.69. The highest BCUT2D eigenvalue weighted by molar-refractivity contribution is 6.03. The number of benzene rings is 1. The number of imidazole rings is 1. The van der Waals surface area contributed by atoms with E-state index in [0.717, 1.165) is 18.9 Å². The molecule has 158 valence electrons. The zero-order valence-electron chi connectivity index (χ0n) is 16.5. The number of aromatic nitrogens is 5. The first kappa shape index (κ1) is 19.2. The highest BCUT2D eigenvalue weighted by Gasteiger charge is 2.19. The highest BCUT2D eigenvalue weighted by atomic mass is 19.1. The van der Waals surface area contributed by atoms with E-state index in [1.165, 1.54) is 12.3 Å². The molecule has 0 bridgehead atoms. The lowest BCUT2D eigenvalue weighted by atomic mass is 10.1. The van der Waals surface area contributed by atoms with Crippen molar-refractivity contribution in [1.29, 1.82) is 0 Å². The van der Waals surface area contributed by atoms with Gasteiger partial charge in [-0.1, -0.05) is 6.07 Å². The van der Waals surface area contributed by atoms with Crippen LogP contribution in [0.4, 0.5) is 16.0 Å². The Bertz CT molecular complexity index is 1230. The molecule has 10 heteroatoms. The number of carbonyl (C=O) groups is 1. The Kier molecular flexibility index (Phi) is 4.83. The molecule has 0 spiro atoms. The number of carbonyl (C=O) groups excluding carboxylic acids is 1. The molecule has 0 radical (unpaired) electrons. The Labute approximate surface area is 176 Å². The summed E-state index contributed by atoms with van der Waals surface area (Å²) in [5.41, 5.74) is 1.74. The number of pyridine rings is 1. The van der Waals surface area contributed by atoms with Crippen molar-refractivity contribution >= 4 is 28.6 Å². The van der Waals surface area contributed by atoms with Crippen molar-refractivity contribution in [2.75, 3.05) is 23.3 Å². The van der Waals surface area contributed by atoms with Crippen LogP contribution >= 0.6 is 0 Å². The van der Waals surface area contributed by atoms with E-state index < -0.39 is 5.82 Å². The molecule has 4 aromatic rings. The molecule has 0 atom stereocenters. The molecular weight excluding hydrogens is 401 g/mol. The number of rotatable bonds is 4. The monoisotopic (exact) mass is 421 g/mol. The third-order valence-electron chi connectivity index (χ3n) is 5.34. The molecule has 31 heavy (non-hydrogen) atoms. The van der Waals surface area contributed by atoms with Gasteiger partial charge in [0, 0.05) is 25.4 Å². The van der Waals surface area contributed by atoms with Gasteiger partial charge in [0.1, 0.15) is 17.0 Å². The molecule has 3 aromatic heterocycles. The maximum absolute atomic E-state index is 13.9. The van der Waals surface area contributed by atoms with Crippen LogP contribution in [0.25, 0.3) is 22.6 Å². The van der Waals surface area contributed by atoms with Gasteiger partial charge in [-0.2, -0.15) is 5.10 Å². The van der Waals surface area contributed by atoms with Crippen molar-refractivity contribution in [2.45, 2.75) is 18.9 Å². The average molecular weight is 421 g/mol. The SMILES string of the molecule is O=C(Nc1cc(-c2nc3c(F)cccc3[nH]2)[nH]n1)c1ccc(N2CCC(O)CC2)nc1. The van der Waals surface area contributed by atoms with Crippen molar-refractivity contribution in [2.24, 2.45) is 0 Å². The van der Waals surface area contributed by atoms with Crippen LogP contribution in [0, 0.1) is 5.82 Å². The number of aliphatic hydroxyl groups excluding tert-OH is 1. The minimum Gasteiger partial charge on any atom is -0.393 e. The fourth-order valence-electron chi connectivity index (χ4n) is 3.62. The smallest absolute Gasteiger partial charge is 0.258 e. The number of piperidine rings is 1. The van der Waals surface area contributed by atoms with Gasteiger partial charge in [-0.25, -0.2) is 14.4 Å². The minimum atomic E-state index is -0.412. The quantitative estimate of drug-likeness (QED) is 0.402. The summed E-state index contributed by atoms with van der Waals surface area (Å²) in [7, 11) is 0. The molecule has 4 heterocycles. The molecule has 1 fully saturated rings. The van der Waals surface area contributed by atoms with Gasteiger partial charge in [0.25, 0.3) is 5.91 Å². The predicted octanol–water partition coefficient (Wildman–Crippen LogP) is 2.70.